The smallest absolute Gasteiger partial charge is 0.257 e. The number of β-amino-alcohol motifs (C(OH)–C–C–N with tert-alkyl or cyclic N) is 1. The van der Waals surface area contributed by atoms with E-state index in [1.54, 1.807) is 11.1 Å². The fourth-order valence-corrected chi connectivity index (χ4v) is 4.80. The molecule has 5 rings (SSSR count). The van der Waals surface area contributed by atoms with Crippen molar-refractivity contribution in [2.75, 3.05) is 32.8 Å². The molecule has 7 heteroatoms. The molecule has 3 heterocycles. The van der Waals surface area contributed by atoms with Gasteiger partial charge in [-0.2, -0.15) is 5.10 Å². The van der Waals surface area contributed by atoms with Crippen LogP contribution in [0.3, 0.4) is 0 Å². The van der Waals surface area contributed by atoms with Gasteiger partial charge in [0.2, 0.25) is 0 Å². The van der Waals surface area contributed by atoms with Crippen molar-refractivity contribution in [3.05, 3.63) is 82.7 Å². The summed E-state index contributed by atoms with van der Waals surface area (Å²) >= 11 is 0. The van der Waals surface area contributed by atoms with Crippen LogP contribution in [0.2, 0.25) is 0 Å². The normalized spacial score (nSPS) is 17.2. The zero-order valence-electron chi connectivity index (χ0n) is 19.0. The molecule has 1 amide bonds. The van der Waals surface area contributed by atoms with E-state index in [2.05, 4.69) is 34.3 Å². The van der Waals surface area contributed by atoms with Crippen molar-refractivity contribution in [2.45, 2.75) is 25.5 Å². The molecule has 2 aliphatic rings. The number of amides is 1. The molecule has 1 N–H and O–H groups in total. The first-order valence-electron chi connectivity index (χ1n) is 11.6. The molecule has 0 spiro atoms. The van der Waals surface area contributed by atoms with Crippen molar-refractivity contribution in [3.63, 3.8) is 0 Å². The summed E-state index contributed by atoms with van der Waals surface area (Å²) in [5.74, 6) is 0.524. The van der Waals surface area contributed by atoms with E-state index in [4.69, 9.17) is 4.74 Å². The van der Waals surface area contributed by atoms with Gasteiger partial charge in [-0.15, -0.1) is 0 Å². The Morgan fingerprint density at radius 2 is 1.94 bits per heavy atom. The predicted octanol–water partition coefficient (Wildman–Crippen LogP) is 2.26. The molecule has 1 aromatic heterocycles. The van der Waals surface area contributed by atoms with E-state index in [1.807, 2.05) is 36.0 Å². The number of carbonyl (C=O) groups is 1. The van der Waals surface area contributed by atoms with Gasteiger partial charge < -0.3 is 14.7 Å². The second kappa shape index (κ2) is 9.37. The third kappa shape index (κ3) is 4.79. The van der Waals surface area contributed by atoms with Gasteiger partial charge in [-0.25, -0.2) is 0 Å². The molecule has 3 aromatic rings. The molecular formula is C26H30N4O3. The number of hydrogen-bond acceptors (Lipinski definition) is 5. The molecule has 2 aliphatic heterocycles. The lowest BCUT2D eigenvalue weighted by Crippen LogP contribution is -2.44. The lowest BCUT2D eigenvalue weighted by Gasteiger charge is -2.32. The highest BCUT2D eigenvalue weighted by Crippen LogP contribution is 2.26. The third-order valence-electron chi connectivity index (χ3n) is 6.60. The summed E-state index contributed by atoms with van der Waals surface area (Å²) in [5.41, 5.74) is 5.38. The van der Waals surface area contributed by atoms with Crippen LogP contribution >= 0.6 is 0 Å². The van der Waals surface area contributed by atoms with Gasteiger partial charge in [0.25, 0.3) is 5.91 Å². The fraction of sp³-hybridized carbons (Fsp3) is 0.385. The molecule has 0 saturated heterocycles. The summed E-state index contributed by atoms with van der Waals surface area (Å²) in [6, 6.07) is 16.2. The number of aliphatic hydroxyl groups excluding tert-OH is 1. The number of aliphatic hydroxyl groups is 1. The lowest BCUT2D eigenvalue weighted by molar-refractivity contribution is 0.0501. The molecule has 0 radical (unpaired) electrons. The Morgan fingerprint density at radius 1 is 1.09 bits per heavy atom. The number of rotatable bonds is 6. The second-order valence-corrected chi connectivity index (χ2v) is 8.96. The maximum absolute atomic E-state index is 13.4. The Bertz CT molecular complexity index is 1140. The molecule has 33 heavy (non-hydrogen) atoms. The summed E-state index contributed by atoms with van der Waals surface area (Å²) in [5, 5.41) is 15.0. The van der Waals surface area contributed by atoms with Gasteiger partial charge in [-0.05, 0) is 41.3 Å². The second-order valence-electron chi connectivity index (χ2n) is 8.96. The average Bonchev–Trinajstić information content (AvgIpc) is 3.15. The zero-order chi connectivity index (χ0) is 22.8. The Morgan fingerprint density at radius 3 is 2.76 bits per heavy atom. The van der Waals surface area contributed by atoms with Crippen LogP contribution in [0.15, 0.2) is 54.7 Å². The molecule has 172 valence electrons. The van der Waals surface area contributed by atoms with Crippen molar-refractivity contribution >= 4 is 5.91 Å². The zero-order valence-corrected chi connectivity index (χ0v) is 19.0. The Balaban J connectivity index is 1.25. The standard InChI is InChI=1S/C26H30N4O3/c1-28-22(8-10-27-28)14-19-6-7-25-24(15-19)26(32)30(12-13-33-25)18-23(31)17-29-11-9-20-4-2-3-5-21(20)16-29/h2-8,10,15,23,31H,9,11-14,16-18H2,1H3/t23-/m1/s1. The van der Waals surface area contributed by atoms with Crippen molar-refractivity contribution in [2.24, 2.45) is 7.05 Å². The summed E-state index contributed by atoms with van der Waals surface area (Å²) in [7, 11) is 1.91. The molecule has 2 aromatic carbocycles. The predicted molar refractivity (Wildman–Crippen MR) is 125 cm³/mol. The van der Waals surface area contributed by atoms with Gasteiger partial charge in [0, 0.05) is 51.5 Å². The molecule has 0 saturated carbocycles. The van der Waals surface area contributed by atoms with Crippen LogP contribution in [0.4, 0.5) is 0 Å². The maximum Gasteiger partial charge on any atom is 0.257 e. The molecule has 7 nitrogen and oxygen atoms in total. The van der Waals surface area contributed by atoms with Gasteiger partial charge in [0.15, 0.2) is 0 Å². The van der Waals surface area contributed by atoms with Gasteiger partial charge in [0.05, 0.1) is 18.2 Å². The number of carbonyl (C=O) groups excluding carboxylic acids is 1. The molecule has 0 aliphatic carbocycles. The largest absolute Gasteiger partial charge is 0.491 e. The van der Waals surface area contributed by atoms with Crippen LogP contribution in [0.5, 0.6) is 5.75 Å². The van der Waals surface area contributed by atoms with Crippen LogP contribution in [-0.2, 0) is 26.4 Å². The van der Waals surface area contributed by atoms with Crippen molar-refractivity contribution in [1.82, 2.24) is 19.6 Å². The van der Waals surface area contributed by atoms with E-state index < -0.39 is 6.10 Å². The Kier molecular flexibility index (Phi) is 6.15. The third-order valence-corrected chi connectivity index (χ3v) is 6.60. The van der Waals surface area contributed by atoms with E-state index >= 15 is 0 Å². The molecule has 0 unspecified atom stereocenters. The van der Waals surface area contributed by atoms with Crippen LogP contribution in [0, 0.1) is 0 Å². The molecular weight excluding hydrogens is 416 g/mol. The number of nitrogens with zero attached hydrogens (tertiary/aromatic N) is 4. The summed E-state index contributed by atoms with van der Waals surface area (Å²) in [4.78, 5) is 17.3. The van der Waals surface area contributed by atoms with E-state index in [1.165, 1.54) is 11.1 Å². The van der Waals surface area contributed by atoms with Crippen molar-refractivity contribution < 1.29 is 14.6 Å². The summed E-state index contributed by atoms with van der Waals surface area (Å²) < 4.78 is 7.70. The first-order chi connectivity index (χ1) is 16.1. The van der Waals surface area contributed by atoms with E-state index in [9.17, 15) is 9.90 Å². The number of aromatic nitrogens is 2. The highest BCUT2D eigenvalue weighted by atomic mass is 16.5. The topological polar surface area (TPSA) is 70.8 Å². The quantitative estimate of drug-likeness (QED) is 0.629. The van der Waals surface area contributed by atoms with Crippen LogP contribution in [0.25, 0.3) is 0 Å². The van der Waals surface area contributed by atoms with Crippen LogP contribution in [-0.4, -0.2) is 69.5 Å². The number of fused-ring (bicyclic) bond motifs is 2. The van der Waals surface area contributed by atoms with Crippen LogP contribution < -0.4 is 4.74 Å². The average molecular weight is 447 g/mol. The number of benzene rings is 2. The summed E-state index contributed by atoms with van der Waals surface area (Å²) in [6.07, 6.45) is 2.85. The fourth-order valence-electron chi connectivity index (χ4n) is 4.80. The summed E-state index contributed by atoms with van der Waals surface area (Å²) in [6.45, 7) is 3.49. The Hall–Kier alpha value is -3.16. The molecule has 0 fully saturated rings. The monoisotopic (exact) mass is 446 g/mol. The first kappa shape index (κ1) is 21.7. The van der Waals surface area contributed by atoms with E-state index in [-0.39, 0.29) is 5.91 Å². The molecule has 0 bridgehead atoms. The first-order valence-corrected chi connectivity index (χ1v) is 11.6. The van der Waals surface area contributed by atoms with Gasteiger partial charge >= 0.3 is 0 Å². The van der Waals surface area contributed by atoms with E-state index in [0.29, 0.717) is 44.0 Å². The van der Waals surface area contributed by atoms with Crippen LogP contribution in [0.1, 0.15) is 32.7 Å². The minimum atomic E-state index is -0.613. The lowest BCUT2D eigenvalue weighted by atomic mass is 10.00. The van der Waals surface area contributed by atoms with Crippen molar-refractivity contribution in [3.8, 4) is 5.75 Å². The SMILES string of the molecule is Cn1nccc1Cc1ccc2c(c1)C(=O)N(C[C@H](O)CN1CCc3ccccc3C1)CCO2. The highest BCUT2D eigenvalue weighted by Gasteiger charge is 2.27. The number of hydrogen-bond donors (Lipinski definition) is 1. The highest BCUT2D eigenvalue weighted by molar-refractivity contribution is 5.97. The van der Waals surface area contributed by atoms with Crippen molar-refractivity contribution in [1.29, 1.82) is 0 Å². The van der Waals surface area contributed by atoms with Gasteiger partial charge in [0.1, 0.15) is 12.4 Å². The minimum absolute atomic E-state index is 0.0857. The van der Waals surface area contributed by atoms with Gasteiger partial charge in [-0.1, -0.05) is 30.3 Å². The van der Waals surface area contributed by atoms with E-state index in [0.717, 1.165) is 30.8 Å². The molecule has 1 atom stereocenters. The number of ether oxygens (including phenoxy) is 1. The van der Waals surface area contributed by atoms with Gasteiger partial charge in [-0.3, -0.25) is 14.4 Å². The Labute approximate surface area is 194 Å². The maximum atomic E-state index is 13.4. The number of aryl methyl sites for hydroxylation is 1. The minimum Gasteiger partial charge on any atom is -0.491 e.